The van der Waals surface area contributed by atoms with E-state index in [1.54, 1.807) is 0 Å². The van der Waals surface area contributed by atoms with Crippen LogP contribution < -0.4 is 5.32 Å². The number of likely N-dealkylation sites (tertiary alicyclic amines) is 1. The molecule has 2 rings (SSSR count). The van der Waals surface area contributed by atoms with Crippen molar-refractivity contribution in [2.75, 3.05) is 47.3 Å². The number of carbonyl (C=O) groups is 1. The standard InChI is InChI=1S/C15H23N3OS.C5H11N.C2H6/c1-6-12(9-8-10-18(4)5)15-17-11(3)13(20-15)14(19)16-7-2;1-6-4-2-3-5-6;1-2/h6,8-9H,7,10H2,1-5H3,(H,16,19);2-5H2,1H3;1-2H3/b9-8-,12-6+;;. The second-order valence-electron chi connectivity index (χ2n) is 6.71. The molecule has 0 saturated carbocycles. The average Bonchev–Trinajstić information content (AvgIpc) is 3.30. The van der Waals surface area contributed by atoms with Crippen LogP contribution in [-0.4, -0.2) is 68.0 Å². The van der Waals surface area contributed by atoms with Gasteiger partial charge in [0.25, 0.3) is 5.91 Å². The molecule has 2 heterocycles. The van der Waals surface area contributed by atoms with Gasteiger partial charge in [-0.15, -0.1) is 11.3 Å². The van der Waals surface area contributed by atoms with Crippen LogP contribution in [0.3, 0.4) is 0 Å². The minimum atomic E-state index is -0.0403. The first kappa shape index (κ1) is 26.5. The van der Waals surface area contributed by atoms with E-state index in [0.29, 0.717) is 11.4 Å². The molecular weight excluding hydrogens is 368 g/mol. The van der Waals surface area contributed by atoms with E-state index in [1.165, 1.54) is 37.3 Å². The predicted molar refractivity (Wildman–Crippen MR) is 124 cm³/mol. The largest absolute Gasteiger partial charge is 0.352 e. The van der Waals surface area contributed by atoms with Crippen molar-refractivity contribution in [3.8, 4) is 0 Å². The van der Waals surface area contributed by atoms with E-state index in [2.05, 4.69) is 39.3 Å². The first-order valence-corrected chi connectivity index (χ1v) is 11.1. The third-order valence-electron chi connectivity index (χ3n) is 4.00. The number of likely N-dealkylation sites (N-methyl/N-ethyl adjacent to an activating group) is 1. The lowest BCUT2D eigenvalue weighted by Crippen LogP contribution is -2.22. The van der Waals surface area contributed by atoms with Gasteiger partial charge in [-0.2, -0.15) is 0 Å². The molecule has 160 valence electrons. The summed E-state index contributed by atoms with van der Waals surface area (Å²) in [6, 6.07) is 0. The Kier molecular flexibility index (Phi) is 14.6. The molecule has 1 amide bonds. The Bertz CT molecular complexity index is 614. The molecule has 0 aliphatic carbocycles. The van der Waals surface area contributed by atoms with Crippen LogP contribution in [0.2, 0.25) is 0 Å². The summed E-state index contributed by atoms with van der Waals surface area (Å²) < 4.78 is 0. The molecule has 1 saturated heterocycles. The number of thiazole rings is 1. The van der Waals surface area contributed by atoms with E-state index in [4.69, 9.17) is 0 Å². The van der Waals surface area contributed by atoms with Crippen LogP contribution in [0.5, 0.6) is 0 Å². The van der Waals surface area contributed by atoms with E-state index in [-0.39, 0.29) is 5.91 Å². The summed E-state index contributed by atoms with van der Waals surface area (Å²) >= 11 is 1.44. The molecule has 1 N–H and O–H groups in total. The van der Waals surface area contributed by atoms with Crippen molar-refractivity contribution >= 4 is 22.8 Å². The van der Waals surface area contributed by atoms with Crippen LogP contribution in [0.1, 0.15) is 60.9 Å². The maximum absolute atomic E-state index is 11.9. The first-order chi connectivity index (χ1) is 13.4. The zero-order chi connectivity index (χ0) is 21.5. The number of allylic oxidation sites excluding steroid dienone is 3. The Labute approximate surface area is 176 Å². The molecule has 0 bridgehead atoms. The highest BCUT2D eigenvalue weighted by atomic mass is 32.1. The number of hydrogen-bond donors (Lipinski definition) is 1. The topological polar surface area (TPSA) is 48.5 Å². The van der Waals surface area contributed by atoms with E-state index in [1.807, 2.05) is 54.8 Å². The third kappa shape index (κ3) is 10.2. The second-order valence-corrected chi connectivity index (χ2v) is 7.71. The number of rotatable bonds is 6. The first-order valence-electron chi connectivity index (χ1n) is 10.3. The number of nitrogens with zero attached hydrogens (tertiary/aromatic N) is 3. The highest BCUT2D eigenvalue weighted by Gasteiger charge is 2.15. The van der Waals surface area contributed by atoms with Gasteiger partial charge >= 0.3 is 0 Å². The average molecular weight is 409 g/mol. The summed E-state index contributed by atoms with van der Waals surface area (Å²) in [6.45, 7) is 13.9. The van der Waals surface area contributed by atoms with Crippen molar-refractivity contribution in [2.24, 2.45) is 0 Å². The quantitative estimate of drug-likeness (QED) is 0.706. The minimum Gasteiger partial charge on any atom is -0.352 e. The number of amides is 1. The normalized spacial score (nSPS) is 14.5. The lowest BCUT2D eigenvalue weighted by atomic mass is 10.2. The SMILES string of the molecule is C/C=C(\C=C/CN(C)C)c1nc(C)c(C(=O)NCC)s1.CC.CN1CCCC1. The van der Waals surface area contributed by atoms with E-state index in [0.717, 1.165) is 22.8 Å². The summed E-state index contributed by atoms with van der Waals surface area (Å²) in [7, 11) is 6.23. The van der Waals surface area contributed by atoms with Crippen LogP contribution in [0.4, 0.5) is 0 Å². The molecule has 1 aromatic heterocycles. The van der Waals surface area contributed by atoms with Gasteiger partial charge < -0.3 is 15.1 Å². The molecule has 1 aliphatic rings. The van der Waals surface area contributed by atoms with Crippen molar-refractivity contribution in [1.82, 2.24) is 20.1 Å². The van der Waals surface area contributed by atoms with Crippen molar-refractivity contribution in [2.45, 2.75) is 47.5 Å². The Hall–Kier alpha value is -1.50. The van der Waals surface area contributed by atoms with Gasteiger partial charge in [-0.1, -0.05) is 32.1 Å². The van der Waals surface area contributed by atoms with Gasteiger partial charge in [-0.05, 0) is 67.8 Å². The molecule has 0 spiro atoms. The molecule has 0 unspecified atom stereocenters. The van der Waals surface area contributed by atoms with E-state index < -0.39 is 0 Å². The van der Waals surface area contributed by atoms with Gasteiger partial charge in [0.15, 0.2) is 0 Å². The van der Waals surface area contributed by atoms with Gasteiger partial charge in [0, 0.05) is 18.7 Å². The monoisotopic (exact) mass is 408 g/mol. The van der Waals surface area contributed by atoms with Crippen molar-refractivity contribution in [3.63, 3.8) is 0 Å². The highest BCUT2D eigenvalue weighted by molar-refractivity contribution is 7.14. The number of carbonyl (C=O) groups excluding carboxylic acids is 1. The third-order valence-corrected chi connectivity index (χ3v) is 5.20. The molecular formula is C22H40N4OS. The van der Waals surface area contributed by atoms with Crippen LogP contribution in [-0.2, 0) is 0 Å². The fourth-order valence-corrected chi connectivity index (χ4v) is 3.57. The molecule has 1 aromatic rings. The second kappa shape index (κ2) is 15.4. The highest BCUT2D eigenvalue weighted by Crippen LogP contribution is 2.25. The Morgan fingerprint density at radius 2 is 1.89 bits per heavy atom. The van der Waals surface area contributed by atoms with Gasteiger partial charge in [0.1, 0.15) is 9.88 Å². The lowest BCUT2D eigenvalue weighted by molar-refractivity contribution is 0.0959. The molecule has 28 heavy (non-hydrogen) atoms. The molecule has 5 nitrogen and oxygen atoms in total. The summed E-state index contributed by atoms with van der Waals surface area (Å²) in [5, 5.41) is 3.71. The summed E-state index contributed by atoms with van der Waals surface area (Å²) in [5.41, 5.74) is 1.84. The molecule has 0 atom stereocenters. The van der Waals surface area contributed by atoms with Crippen LogP contribution in [0, 0.1) is 6.92 Å². The summed E-state index contributed by atoms with van der Waals surface area (Å²) in [6.07, 6.45) is 9.00. The van der Waals surface area contributed by atoms with Gasteiger partial charge in [-0.25, -0.2) is 4.98 Å². The molecule has 6 heteroatoms. The van der Waals surface area contributed by atoms with E-state index >= 15 is 0 Å². The van der Waals surface area contributed by atoms with E-state index in [9.17, 15) is 4.79 Å². The number of nitrogens with one attached hydrogen (secondary N) is 1. The Balaban J connectivity index is 0.000000759. The van der Waals surface area contributed by atoms with Crippen molar-refractivity contribution < 1.29 is 4.79 Å². The molecule has 1 aliphatic heterocycles. The summed E-state index contributed by atoms with van der Waals surface area (Å²) in [5.74, 6) is -0.0403. The molecule has 1 fully saturated rings. The lowest BCUT2D eigenvalue weighted by Gasteiger charge is -2.04. The predicted octanol–water partition coefficient (Wildman–Crippen LogP) is 4.46. The van der Waals surface area contributed by atoms with Crippen LogP contribution in [0.15, 0.2) is 18.2 Å². The molecule has 0 aromatic carbocycles. The van der Waals surface area contributed by atoms with Gasteiger partial charge in [0.2, 0.25) is 0 Å². The minimum absolute atomic E-state index is 0.0403. The van der Waals surface area contributed by atoms with Gasteiger partial charge in [0.05, 0.1) is 5.69 Å². The Morgan fingerprint density at radius 3 is 2.32 bits per heavy atom. The number of aryl methyl sites for hydroxylation is 1. The zero-order valence-corrected chi connectivity index (χ0v) is 19.9. The number of aromatic nitrogens is 1. The van der Waals surface area contributed by atoms with Crippen LogP contribution >= 0.6 is 11.3 Å². The van der Waals surface area contributed by atoms with Crippen molar-refractivity contribution in [1.29, 1.82) is 0 Å². The summed E-state index contributed by atoms with van der Waals surface area (Å²) in [4.78, 5) is 21.6. The Morgan fingerprint density at radius 1 is 1.29 bits per heavy atom. The maximum atomic E-state index is 11.9. The smallest absolute Gasteiger partial charge is 0.263 e. The molecule has 0 radical (unpaired) electrons. The maximum Gasteiger partial charge on any atom is 0.263 e. The number of hydrogen-bond acceptors (Lipinski definition) is 5. The van der Waals surface area contributed by atoms with Gasteiger partial charge in [-0.3, -0.25) is 4.79 Å². The van der Waals surface area contributed by atoms with Crippen LogP contribution in [0.25, 0.3) is 5.57 Å². The zero-order valence-electron chi connectivity index (χ0n) is 19.1. The fraction of sp³-hybridized carbons (Fsp3) is 0.636. The van der Waals surface area contributed by atoms with Crippen molar-refractivity contribution in [3.05, 3.63) is 33.8 Å². The fourth-order valence-electron chi connectivity index (χ4n) is 2.53.